The Morgan fingerprint density at radius 2 is 2.30 bits per heavy atom. The van der Waals surface area contributed by atoms with Crippen LogP contribution >= 0.6 is 15.9 Å². The Balaban J connectivity index is 2.14. The van der Waals surface area contributed by atoms with Crippen LogP contribution in [-0.2, 0) is 0 Å². The van der Waals surface area contributed by atoms with E-state index in [-0.39, 0.29) is 15.7 Å². The van der Waals surface area contributed by atoms with E-state index in [1.165, 1.54) is 24.5 Å². The van der Waals surface area contributed by atoms with E-state index in [1.54, 1.807) is 12.1 Å². The second-order valence-corrected chi connectivity index (χ2v) is 4.44. The number of non-ortho nitro benzene ring substituents is 1. The minimum Gasteiger partial charge on any atom is -0.275 e. The van der Waals surface area contributed by atoms with Crippen molar-refractivity contribution in [1.29, 1.82) is 0 Å². The third-order valence-corrected chi connectivity index (χ3v) is 3.06. The molecule has 9 heteroatoms. The van der Waals surface area contributed by atoms with Crippen LogP contribution < -0.4 is 11.0 Å². The number of H-pyrrole nitrogens is 1. The first-order valence-corrected chi connectivity index (χ1v) is 6.14. The maximum absolute atomic E-state index is 11.3. The minimum absolute atomic E-state index is 0.0204. The predicted octanol–water partition coefficient (Wildman–Crippen LogP) is 1.89. The number of benzene rings is 1. The molecular weight excluding hydrogens is 330 g/mol. The van der Waals surface area contributed by atoms with Gasteiger partial charge in [-0.1, -0.05) is 12.1 Å². The van der Waals surface area contributed by atoms with Gasteiger partial charge in [-0.2, -0.15) is 10.2 Å². The van der Waals surface area contributed by atoms with Crippen molar-refractivity contribution in [3.05, 3.63) is 61.0 Å². The molecule has 0 spiro atoms. The Hall–Kier alpha value is -2.55. The molecule has 0 aliphatic carbocycles. The minimum atomic E-state index is -0.484. The summed E-state index contributed by atoms with van der Waals surface area (Å²) in [6, 6.07) is 6.01. The number of rotatable bonds is 4. The lowest BCUT2D eigenvalue weighted by molar-refractivity contribution is -0.384. The average molecular weight is 338 g/mol. The number of hydrazone groups is 1. The lowest BCUT2D eigenvalue weighted by atomic mass is 10.2. The molecule has 102 valence electrons. The number of anilines is 1. The summed E-state index contributed by atoms with van der Waals surface area (Å²) in [7, 11) is 0. The highest BCUT2D eigenvalue weighted by Crippen LogP contribution is 2.15. The largest absolute Gasteiger partial charge is 0.280 e. The fourth-order valence-electron chi connectivity index (χ4n) is 1.36. The van der Waals surface area contributed by atoms with Gasteiger partial charge in [0.25, 0.3) is 11.2 Å². The first kappa shape index (κ1) is 13.9. The number of hydrogen-bond donors (Lipinski definition) is 2. The van der Waals surface area contributed by atoms with E-state index in [4.69, 9.17) is 0 Å². The van der Waals surface area contributed by atoms with Crippen LogP contribution in [0.3, 0.4) is 0 Å². The van der Waals surface area contributed by atoms with E-state index in [0.717, 1.165) is 0 Å². The third kappa shape index (κ3) is 3.26. The molecule has 0 fully saturated rings. The molecule has 2 aromatic rings. The Labute approximate surface area is 120 Å². The van der Waals surface area contributed by atoms with Gasteiger partial charge in [0.2, 0.25) is 0 Å². The van der Waals surface area contributed by atoms with Gasteiger partial charge in [-0.25, -0.2) is 5.10 Å². The summed E-state index contributed by atoms with van der Waals surface area (Å²) < 4.78 is 0.267. The van der Waals surface area contributed by atoms with E-state index in [1.807, 2.05) is 0 Å². The Bertz CT molecular complexity index is 728. The van der Waals surface area contributed by atoms with Crippen molar-refractivity contribution in [2.24, 2.45) is 5.10 Å². The van der Waals surface area contributed by atoms with Crippen LogP contribution in [0.15, 0.2) is 44.8 Å². The molecule has 8 nitrogen and oxygen atoms in total. The molecule has 0 atom stereocenters. The van der Waals surface area contributed by atoms with Crippen molar-refractivity contribution in [3.8, 4) is 0 Å². The maximum atomic E-state index is 11.3. The molecule has 1 heterocycles. The van der Waals surface area contributed by atoms with E-state index in [0.29, 0.717) is 11.3 Å². The van der Waals surface area contributed by atoms with E-state index in [9.17, 15) is 14.9 Å². The fourth-order valence-corrected chi connectivity index (χ4v) is 1.64. The number of nitrogens with one attached hydrogen (secondary N) is 2. The van der Waals surface area contributed by atoms with Crippen LogP contribution in [0, 0.1) is 10.1 Å². The summed E-state index contributed by atoms with van der Waals surface area (Å²) >= 11 is 3.09. The number of aromatic amines is 1. The van der Waals surface area contributed by atoms with Crippen LogP contribution in [0.25, 0.3) is 0 Å². The molecule has 0 saturated heterocycles. The van der Waals surface area contributed by atoms with E-state index < -0.39 is 4.92 Å². The van der Waals surface area contributed by atoms with Crippen LogP contribution in [0.2, 0.25) is 0 Å². The average Bonchev–Trinajstić information content (AvgIpc) is 2.44. The zero-order valence-electron chi connectivity index (χ0n) is 9.91. The predicted molar refractivity (Wildman–Crippen MR) is 76.9 cm³/mol. The highest BCUT2D eigenvalue weighted by Gasteiger charge is 2.04. The highest BCUT2D eigenvalue weighted by molar-refractivity contribution is 9.10. The number of hydrogen-bond acceptors (Lipinski definition) is 6. The molecule has 0 aliphatic heterocycles. The Morgan fingerprint density at radius 1 is 1.50 bits per heavy atom. The molecular formula is C11H8BrN5O3. The molecule has 0 aliphatic rings. The van der Waals surface area contributed by atoms with Crippen molar-refractivity contribution >= 4 is 33.5 Å². The number of halogens is 1. The van der Waals surface area contributed by atoms with E-state index >= 15 is 0 Å². The van der Waals surface area contributed by atoms with Crippen molar-refractivity contribution < 1.29 is 4.92 Å². The van der Waals surface area contributed by atoms with Gasteiger partial charge < -0.3 is 0 Å². The summed E-state index contributed by atoms with van der Waals surface area (Å²) in [5, 5.41) is 20.4. The first-order valence-electron chi connectivity index (χ1n) is 5.34. The van der Waals surface area contributed by atoms with Crippen molar-refractivity contribution in [2.75, 3.05) is 5.43 Å². The lowest BCUT2D eigenvalue weighted by Gasteiger charge is -2.00. The normalized spacial score (nSPS) is 10.7. The summed E-state index contributed by atoms with van der Waals surface area (Å²) in [5.74, 6) is 0. The van der Waals surface area contributed by atoms with Crippen LogP contribution in [0.1, 0.15) is 5.56 Å². The zero-order valence-corrected chi connectivity index (χ0v) is 11.5. The van der Waals surface area contributed by atoms with Gasteiger partial charge in [-0.15, -0.1) is 0 Å². The van der Waals surface area contributed by atoms with Crippen molar-refractivity contribution in [1.82, 2.24) is 10.2 Å². The molecule has 0 saturated carbocycles. The Kier molecular flexibility index (Phi) is 4.20. The molecule has 1 aromatic carbocycles. The number of nitro groups is 1. The second-order valence-electron chi connectivity index (χ2n) is 3.65. The van der Waals surface area contributed by atoms with Gasteiger partial charge in [0.1, 0.15) is 4.47 Å². The van der Waals surface area contributed by atoms with Crippen LogP contribution in [-0.4, -0.2) is 21.3 Å². The highest BCUT2D eigenvalue weighted by atomic mass is 79.9. The summed E-state index contributed by atoms with van der Waals surface area (Å²) in [6.45, 7) is 0. The number of nitro benzene ring substituents is 1. The fraction of sp³-hybridized carbons (Fsp3) is 0. The van der Waals surface area contributed by atoms with Crippen molar-refractivity contribution in [3.63, 3.8) is 0 Å². The monoisotopic (exact) mass is 337 g/mol. The summed E-state index contributed by atoms with van der Waals surface area (Å²) in [4.78, 5) is 21.4. The molecule has 2 rings (SSSR count). The third-order valence-electron chi connectivity index (χ3n) is 2.28. The number of nitrogens with zero attached hydrogens (tertiary/aromatic N) is 3. The van der Waals surface area contributed by atoms with Gasteiger partial charge in [-0.3, -0.25) is 20.3 Å². The van der Waals surface area contributed by atoms with E-state index in [2.05, 4.69) is 36.7 Å². The van der Waals surface area contributed by atoms with Gasteiger partial charge in [0.15, 0.2) is 0 Å². The lowest BCUT2D eigenvalue weighted by Crippen LogP contribution is -2.10. The second kappa shape index (κ2) is 6.06. The van der Waals surface area contributed by atoms with Gasteiger partial charge >= 0.3 is 0 Å². The quantitative estimate of drug-likeness (QED) is 0.502. The smallest absolute Gasteiger partial charge is 0.275 e. The van der Waals surface area contributed by atoms with Crippen LogP contribution in [0.4, 0.5) is 11.4 Å². The SMILES string of the molecule is O=c1[nH]ncc(N/N=C\c2cccc([N+](=O)[O-])c2)c1Br. The van der Waals surface area contributed by atoms with Crippen LogP contribution in [0.5, 0.6) is 0 Å². The van der Waals surface area contributed by atoms with Gasteiger partial charge in [-0.05, 0) is 15.9 Å². The first-order chi connectivity index (χ1) is 9.58. The molecule has 1 aromatic heterocycles. The van der Waals surface area contributed by atoms with Gasteiger partial charge in [0.05, 0.1) is 23.0 Å². The molecule has 0 unspecified atom stereocenters. The molecule has 0 bridgehead atoms. The topological polar surface area (TPSA) is 113 Å². The maximum Gasteiger partial charge on any atom is 0.280 e. The molecule has 20 heavy (non-hydrogen) atoms. The van der Waals surface area contributed by atoms with Crippen molar-refractivity contribution in [2.45, 2.75) is 0 Å². The molecule has 2 N–H and O–H groups in total. The number of aromatic nitrogens is 2. The van der Waals surface area contributed by atoms with Gasteiger partial charge in [0, 0.05) is 17.7 Å². The molecule has 0 radical (unpaired) electrons. The summed E-state index contributed by atoms with van der Waals surface area (Å²) in [6.07, 6.45) is 2.79. The standard InChI is InChI=1S/C11H8BrN5O3/c12-10-9(6-14-16-11(10)18)15-13-5-7-2-1-3-8(4-7)17(19)20/h1-6H,(H2,15,16,18)/b13-5-. The Morgan fingerprint density at radius 3 is 3.05 bits per heavy atom. The summed E-state index contributed by atoms with van der Waals surface area (Å²) in [5.41, 5.74) is 3.15. The zero-order chi connectivity index (χ0) is 14.5. The molecule has 0 amide bonds.